The maximum atomic E-state index is 9.57. The SMILES string of the molecule is C=NC1=NC2C(O1)[C@H](CO)[C@@H](O)[C@@H]2O. The zero-order valence-corrected chi connectivity index (χ0v) is 7.45. The standard InChI is InChI=1S/C8H12N2O4/c1-9-8-10-4-6(13)5(12)3(2-11)7(4)14-8/h3-7,11-13H,1-2H2/t3-,4?,5-,6-,7?/m1/s1. The molecule has 0 aromatic carbocycles. The quantitative estimate of drug-likeness (QED) is 0.433. The summed E-state index contributed by atoms with van der Waals surface area (Å²) in [6, 6.07) is -0.424. The summed E-state index contributed by atoms with van der Waals surface area (Å²) >= 11 is 0. The highest BCUT2D eigenvalue weighted by Gasteiger charge is 2.54. The van der Waals surface area contributed by atoms with Crippen LogP contribution in [-0.4, -0.2) is 59.0 Å². The number of aliphatic imine (C=N–C) groups is 2. The fourth-order valence-corrected chi connectivity index (χ4v) is 1.97. The van der Waals surface area contributed by atoms with E-state index in [1.165, 1.54) is 0 Å². The summed E-state index contributed by atoms with van der Waals surface area (Å²) in [4.78, 5) is 7.44. The molecule has 2 aliphatic rings. The monoisotopic (exact) mass is 200 g/mol. The highest BCUT2D eigenvalue weighted by atomic mass is 16.5. The molecule has 2 unspecified atom stereocenters. The van der Waals surface area contributed by atoms with E-state index in [2.05, 4.69) is 16.7 Å². The molecular formula is C8H12N2O4. The smallest absolute Gasteiger partial charge is 0.311 e. The van der Waals surface area contributed by atoms with E-state index in [0.29, 0.717) is 0 Å². The molecule has 5 atom stereocenters. The van der Waals surface area contributed by atoms with E-state index in [4.69, 9.17) is 9.84 Å². The Morgan fingerprint density at radius 3 is 2.71 bits per heavy atom. The summed E-state index contributed by atoms with van der Waals surface area (Å²) in [5, 5.41) is 28.1. The zero-order chi connectivity index (χ0) is 10.3. The van der Waals surface area contributed by atoms with Crippen LogP contribution in [0.1, 0.15) is 0 Å². The molecule has 0 aromatic rings. The van der Waals surface area contributed by atoms with E-state index in [1.807, 2.05) is 0 Å². The van der Waals surface area contributed by atoms with Gasteiger partial charge in [0, 0.05) is 0 Å². The molecule has 1 heterocycles. The van der Waals surface area contributed by atoms with Gasteiger partial charge in [0.25, 0.3) is 0 Å². The normalized spacial score (nSPS) is 45.6. The van der Waals surface area contributed by atoms with Crippen LogP contribution in [-0.2, 0) is 4.74 Å². The average molecular weight is 200 g/mol. The largest absolute Gasteiger partial charge is 0.458 e. The number of rotatable bonds is 1. The van der Waals surface area contributed by atoms with Gasteiger partial charge in [0.1, 0.15) is 18.2 Å². The highest BCUT2D eigenvalue weighted by Crippen LogP contribution is 2.35. The van der Waals surface area contributed by atoms with Crippen LogP contribution >= 0.6 is 0 Å². The summed E-state index contributed by atoms with van der Waals surface area (Å²) in [6.07, 6.45) is -2.49. The fourth-order valence-electron chi connectivity index (χ4n) is 1.97. The van der Waals surface area contributed by atoms with Crippen LogP contribution in [0.5, 0.6) is 0 Å². The Balaban J connectivity index is 2.22. The van der Waals surface area contributed by atoms with Gasteiger partial charge < -0.3 is 20.1 Å². The van der Waals surface area contributed by atoms with Gasteiger partial charge in [0.15, 0.2) is 0 Å². The fraction of sp³-hybridized carbons (Fsp3) is 0.750. The van der Waals surface area contributed by atoms with E-state index in [0.717, 1.165) is 0 Å². The Morgan fingerprint density at radius 2 is 2.14 bits per heavy atom. The lowest BCUT2D eigenvalue weighted by atomic mass is 10.1. The Bertz CT molecular complexity index is 281. The van der Waals surface area contributed by atoms with Gasteiger partial charge in [-0.05, 0) is 6.72 Å². The minimum atomic E-state index is -1.00. The topological polar surface area (TPSA) is 94.6 Å². The van der Waals surface area contributed by atoms with Crippen molar-refractivity contribution in [2.45, 2.75) is 24.4 Å². The first-order valence-electron chi connectivity index (χ1n) is 4.37. The molecule has 0 amide bonds. The van der Waals surface area contributed by atoms with Gasteiger partial charge in [-0.15, -0.1) is 0 Å². The van der Waals surface area contributed by atoms with Crippen molar-refractivity contribution >= 4 is 12.7 Å². The van der Waals surface area contributed by atoms with Gasteiger partial charge >= 0.3 is 6.02 Å². The zero-order valence-electron chi connectivity index (χ0n) is 7.45. The van der Waals surface area contributed by atoms with Crippen molar-refractivity contribution in [2.75, 3.05) is 6.61 Å². The molecule has 1 fully saturated rings. The second-order valence-corrected chi connectivity index (χ2v) is 3.47. The number of hydrogen-bond acceptors (Lipinski definition) is 6. The van der Waals surface area contributed by atoms with E-state index in [-0.39, 0.29) is 12.6 Å². The van der Waals surface area contributed by atoms with Crippen LogP contribution in [0.2, 0.25) is 0 Å². The van der Waals surface area contributed by atoms with Crippen LogP contribution in [0.3, 0.4) is 0 Å². The lowest BCUT2D eigenvalue weighted by Gasteiger charge is -2.17. The third-order valence-corrected chi connectivity index (χ3v) is 2.74. The molecule has 78 valence electrons. The maximum Gasteiger partial charge on any atom is 0.311 e. The van der Waals surface area contributed by atoms with Crippen molar-refractivity contribution < 1.29 is 20.1 Å². The van der Waals surface area contributed by atoms with Gasteiger partial charge in [-0.2, -0.15) is 0 Å². The number of ether oxygens (including phenoxy) is 1. The van der Waals surface area contributed by atoms with Gasteiger partial charge in [0.05, 0.1) is 18.6 Å². The van der Waals surface area contributed by atoms with Crippen molar-refractivity contribution in [3.63, 3.8) is 0 Å². The molecule has 0 radical (unpaired) electrons. The summed E-state index contributed by atoms with van der Waals surface area (Å²) < 4.78 is 5.22. The molecule has 1 aliphatic heterocycles. The molecule has 2 rings (SSSR count). The van der Waals surface area contributed by atoms with Gasteiger partial charge in [-0.3, -0.25) is 0 Å². The summed E-state index contributed by atoms with van der Waals surface area (Å²) in [5.74, 6) is -0.516. The predicted octanol–water partition coefficient (Wildman–Crippen LogP) is -1.85. The van der Waals surface area contributed by atoms with Gasteiger partial charge in [-0.25, -0.2) is 9.98 Å². The summed E-state index contributed by atoms with van der Waals surface area (Å²) in [7, 11) is 0. The molecule has 3 N–H and O–H groups in total. The molecule has 1 saturated carbocycles. The van der Waals surface area contributed by atoms with E-state index in [1.54, 1.807) is 0 Å². The Morgan fingerprint density at radius 1 is 1.43 bits per heavy atom. The number of amidine groups is 1. The van der Waals surface area contributed by atoms with E-state index < -0.39 is 30.3 Å². The first-order chi connectivity index (χ1) is 6.69. The second kappa shape index (κ2) is 3.30. The number of nitrogens with zero attached hydrogens (tertiary/aromatic N) is 2. The number of aliphatic hydroxyl groups is 3. The summed E-state index contributed by atoms with van der Waals surface area (Å²) in [5.41, 5.74) is 0. The molecule has 0 spiro atoms. The summed E-state index contributed by atoms with van der Waals surface area (Å²) in [6.45, 7) is 3.00. The molecular weight excluding hydrogens is 188 g/mol. The van der Waals surface area contributed by atoms with Crippen LogP contribution < -0.4 is 0 Å². The van der Waals surface area contributed by atoms with Crippen LogP contribution in [0.4, 0.5) is 0 Å². The average Bonchev–Trinajstić information content (AvgIpc) is 2.69. The van der Waals surface area contributed by atoms with Gasteiger partial charge in [-0.1, -0.05) is 0 Å². The van der Waals surface area contributed by atoms with Crippen molar-refractivity contribution in [3.8, 4) is 0 Å². The molecule has 1 aliphatic carbocycles. The molecule has 0 aromatic heterocycles. The van der Waals surface area contributed by atoms with Crippen molar-refractivity contribution in [1.29, 1.82) is 0 Å². The van der Waals surface area contributed by atoms with E-state index >= 15 is 0 Å². The van der Waals surface area contributed by atoms with E-state index in [9.17, 15) is 10.2 Å². The Hall–Kier alpha value is -0.980. The van der Waals surface area contributed by atoms with Crippen molar-refractivity contribution in [2.24, 2.45) is 15.9 Å². The van der Waals surface area contributed by atoms with Crippen LogP contribution in [0.25, 0.3) is 0 Å². The molecule has 6 nitrogen and oxygen atoms in total. The third kappa shape index (κ3) is 1.15. The lowest BCUT2D eigenvalue weighted by molar-refractivity contribution is -0.00679. The lowest BCUT2D eigenvalue weighted by Crippen LogP contribution is -2.31. The molecule has 6 heteroatoms. The van der Waals surface area contributed by atoms with Gasteiger partial charge in [0.2, 0.25) is 0 Å². The number of hydrogen-bond donors (Lipinski definition) is 3. The van der Waals surface area contributed by atoms with Crippen LogP contribution in [0.15, 0.2) is 9.98 Å². The van der Waals surface area contributed by atoms with Crippen LogP contribution in [0, 0.1) is 5.92 Å². The first kappa shape index (κ1) is 9.57. The maximum absolute atomic E-state index is 9.57. The minimum Gasteiger partial charge on any atom is -0.458 e. The Labute approximate surface area is 80.6 Å². The molecule has 0 saturated heterocycles. The predicted molar refractivity (Wildman–Crippen MR) is 48.2 cm³/mol. The Kier molecular flexibility index (Phi) is 2.26. The first-order valence-corrected chi connectivity index (χ1v) is 4.37. The number of fused-ring (bicyclic) bond motifs is 1. The molecule has 14 heavy (non-hydrogen) atoms. The van der Waals surface area contributed by atoms with Crippen molar-refractivity contribution in [1.82, 2.24) is 0 Å². The number of aliphatic hydroxyl groups excluding tert-OH is 3. The minimum absolute atomic E-state index is 0.115. The highest BCUT2D eigenvalue weighted by molar-refractivity contribution is 5.80. The van der Waals surface area contributed by atoms with Crippen molar-refractivity contribution in [3.05, 3.63) is 0 Å². The third-order valence-electron chi connectivity index (χ3n) is 2.74. The molecule has 0 bridgehead atoms. The second-order valence-electron chi connectivity index (χ2n) is 3.47.